The molecule has 8 heteroatoms. The molecular weight excluding hydrogens is 370 g/mol. The Morgan fingerprint density at radius 3 is 2.73 bits per heavy atom. The van der Waals surface area contributed by atoms with Gasteiger partial charge in [0.25, 0.3) is 0 Å². The topological polar surface area (TPSA) is 84.2 Å². The Balaban J connectivity index is 1.85. The lowest BCUT2D eigenvalue weighted by molar-refractivity contribution is -0.113. The van der Waals surface area contributed by atoms with Crippen molar-refractivity contribution >= 4 is 40.8 Å². The summed E-state index contributed by atoms with van der Waals surface area (Å²) in [5.41, 5.74) is 2.75. The number of anilines is 1. The number of benzene rings is 1. The SMILES string of the molecule is Cc1nn(-c2ccc(C(=O)O)cc2)c2c1[C@@H](c1cccs1)SCC(=O)N2. The van der Waals surface area contributed by atoms with E-state index in [4.69, 9.17) is 5.11 Å². The number of fused-ring (bicyclic) bond motifs is 1. The molecule has 0 unspecified atom stereocenters. The first-order valence-corrected chi connectivity index (χ1v) is 9.85. The molecule has 0 spiro atoms. The highest BCUT2D eigenvalue weighted by Gasteiger charge is 2.31. The molecule has 2 N–H and O–H groups in total. The molecule has 1 aliphatic rings. The number of aromatic nitrogens is 2. The highest BCUT2D eigenvalue weighted by atomic mass is 32.2. The van der Waals surface area contributed by atoms with Gasteiger partial charge < -0.3 is 10.4 Å². The largest absolute Gasteiger partial charge is 0.478 e. The Bertz CT molecular complexity index is 978. The summed E-state index contributed by atoms with van der Waals surface area (Å²) in [6.07, 6.45) is 0. The number of aryl methyl sites for hydroxylation is 1. The minimum atomic E-state index is -0.977. The molecule has 1 atom stereocenters. The van der Waals surface area contributed by atoms with E-state index >= 15 is 0 Å². The second-order valence-corrected chi connectivity index (χ2v) is 7.94. The number of carboxylic acids is 1. The van der Waals surface area contributed by atoms with Crippen LogP contribution in [0.5, 0.6) is 0 Å². The maximum absolute atomic E-state index is 12.2. The first kappa shape index (κ1) is 16.9. The fourth-order valence-corrected chi connectivity index (χ4v) is 5.15. The normalized spacial score (nSPS) is 16.7. The molecule has 0 saturated heterocycles. The molecule has 0 saturated carbocycles. The predicted octanol–water partition coefficient (Wildman–Crippen LogP) is 3.72. The maximum atomic E-state index is 12.2. The molecule has 2 aromatic heterocycles. The number of rotatable bonds is 3. The summed E-state index contributed by atoms with van der Waals surface area (Å²) >= 11 is 3.25. The monoisotopic (exact) mass is 385 g/mol. The van der Waals surface area contributed by atoms with Gasteiger partial charge in [-0.05, 0) is 42.6 Å². The zero-order valence-corrected chi connectivity index (χ0v) is 15.4. The molecule has 1 aromatic carbocycles. The first-order valence-electron chi connectivity index (χ1n) is 7.92. The zero-order chi connectivity index (χ0) is 18.3. The van der Waals surface area contributed by atoms with Crippen LogP contribution in [0.25, 0.3) is 5.69 Å². The molecule has 132 valence electrons. The van der Waals surface area contributed by atoms with Crippen molar-refractivity contribution in [2.75, 3.05) is 11.1 Å². The van der Waals surface area contributed by atoms with E-state index in [0.717, 1.165) is 11.3 Å². The average Bonchev–Trinajstić information content (AvgIpc) is 3.21. The second-order valence-electron chi connectivity index (χ2n) is 5.87. The van der Waals surface area contributed by atoms with E-state index in [2.05, 4.69) is 16.5 Å². The van der Waals surface area contributed by atoms with E-state index in [-0.39, 0.29) is 16.7 Å². The number of carbonyl (C=O) groups is 2. The minimum Gasteiger partial charge on any atom is -0.478 e. The lowest BCUT2D eigenvalue weighted by atomic mass is 10.1. The number of aromatic carboxylic acids is 1. The smallest absolute Gasteiger partial charge is 0.335 e. The molecule has 26 heavy (non-hydrogen) atoms. The van der Waals surface area contributed by atoms with E-state index in [1.807, 2.05) is 18.4 Å². The van der Waals surface area contributed by atoms with Crippen LogP contribution < -0.4 is 5.32 Å². The van der Waals surface area contributed by atoms with E-state index in [1.165, 1.54) is 17.0 Å². The zero-order valence-electron chi connectivity index (χ0n) is 13.8. The summed E-state index contributed by atoms with van der Waals surface area (Å²) in [7, 11) is 0. The van der Waals surface area contributed by atoms with Gasteiger partial charge in [-0.1, -0.05) is 6.07 Å². The Morgan fingerprint density at radius 1 is 1.31 bits per heavy atom. The van der Waals surface area contributed by atoms with E-state index < -0.39 is 5.97 Å². The number of nitrogens with zero attached hydrogens (tertiary/aromatic N) is 2. The van der Waals surface area contributed by atoms with E-state index in [1.54, 1.807) is 39.9 Å². The first-order chi connectivity index (χ1) is 12.5. The lowest BCUT2D eigenvalue weighted by Gasteiger charge is -2.13. The Kier molecular flexibility index (Phi) is 4.29. The lowest BCUT2D eigenvalue weighted by Crippen LogP contribution is -2.15. The number of carbonyl (C=O) groups excluding carboxylic acids is 1. The number of hydrogen-bond acceptors (Lipinski definition) is 5. The predicted molar refractivity (Wildman–Crippen MR) is 103 cm³/mol. The highest BCUT2D eigenvalue weighted by Crippen LogP contribution is 2.45. The van der Waals surface area contributed by atoms with Gasteiger partial charge in [-0.2, -0.15) is 5.10 Å². The summed E-state index contributed by atoms with van der Waals surface area (Å²) in [5.74, 6) is -0.0265. The third-order valence-corrected chi connectivity index (χ3v) is 6.51. The molecule has 3 aromatic rings. The fraction of sp³-hybridized carbons (Fsp3) is 0.167. The summed E-state index contributed by atoms with van der Waals surface area (Å²) in [5, 5.41) is 18.7. The molecule has 0 radical (unpaired) electrons. The molecule has 6 nitrogen and oxygen atoms in total. The van der Waals surface area contributed by atoms with Crippen molar-refractivity contribution in [2.24, 2.45) is 0 Å². The molecular formula is C18H15N3O3S2. The van der Waals surface area contributed by atoms with Crippen molar-refractivity contribution in [3.05, 3.63) is 63.5 Å². The summed E-state index contributed by atoms with van der Waals surface area (Å²) in [4.78, 5) is 24.5. The quantitative estimate of drug-likeness (QED) is 0.718. The number of nitrogens with one attached hydrogen (secondary N) is 1. The van der Waals surface area contributed by atoms with Crippen LogP contribution in [-0.2, 0) is 4.79 Å². The van der Waals surface area contributed by atoms with Crippen molar-refractivity contribution in [1.82, 2.24) is 9.78 Å². The second kappa shape index (κ2) is 6.62. The van der Waals surface area contributed by atoms with Crippen molar-refractivity contribution in [1.29, 1.82) is 0 Å². The molecule has 0 bridgehead atoms. The van der Waals surface area contributed by atoms with Gasteiger partial charge in [0.05, 0.1) is 27.9 Å². The number of carboxylic acid groups (broad SMARTS) is 1. The van der Waals surface area contributed by atoms with Gasteiger partial charge in [-0.25, -0.2) is 9.48 Å². The van der Waals surface area contributed by atoms with E-state index in [0.29, 0.717) is 17.3 Å². The van der Waals surface area contributed by atoms with Crippen molar-refractivity contribution < 1.29 is 14.7 Å². The average molecular weight is 385 g/mol. The molecule has 4 rings (SSSR count). The Morgan fingerprint density at radius 2 is 2.08 bits per heavy atom. The molecule has 0 fully saturated rings. The standard InChI is InChI=1S/C18H15N3O3S2/c1-10-15-16(13-3-2-8-25-13)26-9-14(22)19-17(15)21(20-10)12-6-4-11(5-7-12)18(23)24/h2-8,16H,9H2,1H3,(H,19,22)(H,23,24)/t16-/m1/s1. The van der Waals surface area contributed by atoms with Crippen LogP contribution >= 0.6 is 23.1 Å². The van der Waals surface area contributed by atoms with Gasteiger partial charge in [0.2, 0.25) is 5.91 Å². The number of thioether (sulfide) groups is 1. The van der Waals surface area contributed by atoms with Crippen LogP contribution in [-0.4, -0.2) is 32.5 Å². The Hall–Kier alpha value is -2.58. The number of thiophene rings is 1. The van der Waals surface area contributed by atoms with Crippen LogP contribution in [0.4, 0.5) is 5.82 Å². The number of amides is 1. The van der Waals surface area contributed by atoms with Crippen LogP contribution in [0, 0.1) is 6.92 Å². The van der Waals surface area contributed by atoms with Crippen LogP contribution in [0.2, 0.25) is 0 Å². The third-order valence-electron chi connectivity index (χ3n) is 4.17. The number of hydrogen-bond donors (Lipinski definition) is 2. The van der Waals surface area contributed by atoms with Crippen molar-refractivity contribution in [3.8, 4) is 5.69 Å². The Labute approximate surface area is 157 Å². The molecule has 1 aliphatic heterocycles. The van der Waals surface area contributed by atoms with Crippen molar-refractivity contribution in [2.45, 2.75) is 12.2 Å². The minimum absolute atomic E-state index is 0.0380. The third kappa shape index (κ3) is 2.91. The summed E-state index contributed by atoms with van der Waals surface area (Å²) in [6.45, 7) is 1.93. The fourth-order valence-electron chi connectivity index (χ4n) is 2.98. The van der Waals surface area contributed by atoms with Crippen LogP contribution in [0.15, 0.2) is 41.8 Å². The van der Waals surface area contributed by atoms with E-state index in [9.17, 15) is 9.59 Å². The molecule has 1 amide bonds. The van der Waals surface area contributed by atoms with Gasteiger partial charge in [0.15, 0.2) is 0 Å². The molecule has 3 heterocycles. The highest BCUT2D eigenvalue weighted by molar-refractivity contribution is 8.00. The van der Waals surface area contributed by atoms with Crippen molar-refractivity contribution in [3.63, 3.8) is 0 Å². The van der Waals surface area contributed by atoms with Crippen LogP contribution in [0.1, 0.15) is 31.7 Å². The van der Waals surface area contributed by atoms with Gasteiger partial charge >= 0.3 is 5.97 Å². The van der Waals surface area contributed by atoms with Crippen LogP contribution in [0.3, 0.4) is 0 Å². The van der Waals surface area contributed by atoms with Gasteiger partial charge in [-0.15, -0.1) is 23.1 Å². The summed E-state index contributed by atoms with van der Waals surface area (Å²) < 4.78 is 1.68. The summed E-state index contributed by atoms with van der Waals surface area (Å²) in [6, 6.07) is 10.5. The van der Waals surface area contributed by atoms with Gasteiger partial charge in [-0.3, -0.25) is 4.79 Å². The molecule has 0 aliphatic carbocycles. The van der Waals surface area contributed by atoms with Gasteiger partial charge in [0, 0.05) is 10.4 Å². The maximum Gasteiger partial charge on any atom is 0.335 e. The van der Waals surface area contributed by atoms with Gasteiger partial charge in [0.1, 0.15) is 5.82 Å².